The lowest BCUT2D eigenvalue weighted by Crippen LogP contribution is -2.01. The van der Waals surface area contributed by atoms with Crippen molar-refractivity contribution in [1.82, 2.24) is 4.98 Å². The molecule has 1 aromatic heterocycles. The second-order valence-corrected chi connectivity index (χ2v) is 5.15. The molecule has 0 saturated carbocycles. The van der Waals surface area contributed by atoms with Gasteiger partial charge < -0.3 is 10.8 Å². The Morgan fingerprint density at radius 1 is 1.37 bits per heavy atom. The van der Waals surface area contributed by atoms with Gasteiger partial charge in [-0.15, -0.1) is 11.8 Å². The van der Waals surface area contributed by atoms with Crippen LogP contribution in [0.1, 0.15) is 21.7 Å². The summed E-state index contributed by atoms with van der Waals surface area (Å²) in [5.74, 6) is -0.391. The van der Waals surface area contributed by atoms with Crippen LogP contribution in [0.5, 0.6) is 0 Å². The molecule has 98 valence electrons. The molecule has 0 atom stereocenters. The van der Waals surface area contributed by atoms with E-state index in [0.29, 0.717) is 5.75 Å². The molecule has 0 unspecified atom stereocenters. The Morgan fingerprint density at radius 3 is 2.89 bits per heavy atom. The van der Waals surface area contributed by atoms with Crippen LogP contribution in [-0.2, 0) is 5.75 Å². The van der Waals surface area contributed by atoms with Gasteiger partial charge in [0.15, 0.2) is 0 Å². The highest BCUT2D eigenvalue weighted by atomic mass is 32.2. The van der Waals surface area contributed by atoms with Crippen molar-refractivity contribution in [3.8, 4) is 0 Å². The number of carboxylic acid groups (broad SMARTS) is 1. The zero-order chi connectivity index (χ0) is 13.8. The SMILES string of the molecule is Cc1ccc(N)cc1SCc1cccc(C(=O)O)n1. The molecule has 0 aliphatic carbocycles. The lowest BCUT2D eigenvalue weighted by atomic mass is 10.2. The van der Waals surface area contributed by atoms with E-state index >= 15 is 0 Å². The summed E-state index contributed by atoms with van der Waals surface area (Å²) in [6.45, 7) is 2.02. The number of carbonyl (C=O) groups is 1. The van der Waals surface area contributed by atoms with Crippen molar-refractivity contribution in [2.45, 2.75) is 17.6 Å². The summed E-state index contributed by atoms with van der Waals surface area (Å²) >= 11 is 1.60. The Morgan fingerprint density at radius 2 is 2.16 bits per heavy atom. The molecule has 0 bridgehead atoms. The molecule has 0 saturated heterocycles. The zero-order valence-electron chi connectivity index (χ0n) is 10.5. The number of nitrogen functional groups attached to an aromatic ring is 1. The minimum absolute atomic E-state index is 0.0717. The first-order valence-electron chi connectivity index (χ1n) is 5.74. The van der Waals surface area contributed by atoms with E-state index in [9.17, 15) is 4.79 Å². The molecular formula is C14H14N2O2S. The third-order valence-electron chi connectivity index (χ3n) is 2.61. The van der Waals surface area contributed by atoms with Crippen LogP contribution < -0.4 is 5.73 Å². The number of nitrogens with two attached hydrogens (primary N) is 1. The number of aryl methyl sites for hydroxylation is 1. The van der Waals surface area contributed by atoms with Gasteiger partial charge in [0, 0.05) is 16.3 Å². The largest absolute Gasteiger partial charge is 0.477 e. The normalized spacial score (nSPS) is 10.4. The molecule has 0 radical (unpaired) electrons. The molecule has 0 amide bonds. The molecule has 4 nitrogen and oxygen atoms in total. The number of benzene rings is 1. The predicted octanol–water partition coefficient (Wildman–Crippen LogP) is 2.96. The van der Waals surface area contributed by atoms with E-state index in [1.807, 2.05) is 31.2 Å². The summed E-state index contributed by atoms with van der Waals surface area (Å²) in [4.78, 5) is 16.0. The summed E-state index contributed by atoms with van der Waals surface area (Å²) in [5, 5.41) is 8.89. The van der Waals surface area contributed by atoms with Crippen molar-refractivity contribution in [2.24, 2.45) is 0 Å². The van der Waals surface area contributed by atoms with Crippen molar-refractivity contribution >= 4 is 23.4 Å². The first-order valence-corrected chi connectivity index (χ1v) is 6.73. The molecule has 0 aliphatic rings. The highest BCUT2D eigenvalue weighted by Crippen LogP contribution is 2.27. The molecule has 2 aromatic rings. The topological polar surface area (TPSA) is 76.2 Å². The lowest BCUT2D eigenvalue weighted by molar-refractivity contribution is 0.0690. The van der Waals surface area contributed by atoms with Gasteiger partial charge in [-0.1, -0.05) is 12.1 Å². The van der Waals surface area contributed by atoms with E-state index < -0.39 is 5.97 Å². The number of hydrogen-bond acceptors (Lipinski definition) is 4. The highest BCUT2D eigenvalue weighted by molar-refractivity contribution is 7.98. The van der Waals surface area contributed by atoms with Gasteiger partial charge in [-0.3, -0.25) is 0 Å². The number of pyridine rings is 1. The maximum absolute atomic E-state index is 10.8. The van der Waals surface area contributed by atoms with Crippen LogP contribution in [0.15, 0.2) is 41.3 Å². The van der Waals surface area contributed by atoms with Gasteiger partial charge in [0.1, 0.15) is 5.69 Å². The average molecular weight is 274 g/mol. The smallest absolute Gasteiger partial charge is 0.354 e. The maximum Gasteiger partial charge on any atom is 0.354 e. The number of rotatable bonds is 4. The van der Waals surface area contributed by atoms with Gasteiger partial charge in [-0.05, 0) is 36.8 Å². The van der Waals surface area contributed by atoms with Crippen LogP contribution in [0.4, 0.5) is 5.69 Å². The van der Waals surface area contributed by atoms with E-state index in [1.165, 1.54) is 6.07 Å². The van der Waals surface area contributed by atoms with Crippen LogP contribution in [0.3, 0.4) is 0 Å². The molecular weight excluding hydrogens is 260 g/mol. The van der Waals surface area contributed by atoms with Gasteiger partial charge in [0.05, 0.1) is 5.69 Å². The summed E-state index contributed by atoms with van der Waals surface area (Å²) < 4.78 is 0. The van der Waals surface area contributed by atoms with Gasteiger partial charge in [-0.25, -0.2) is 9.78 Å². The number of aromatic nitrogens is 1. The van der Waals surface area contributed by atoms with Crippen molar-refractivity contribution in [1.29, 1.82) is 0 Å². The van der Waals surface area contributed by atoms with Crippen molar-refractivity contribution < 1.29 is 9.90 Å². The summed E-state index contributed by atoms with van der Waals surface area (Å²) in [6, 6.07) is 10.8. The van der Waals surface area contributed by atoms with E-state index in [2.05, 4.69) is 4.98 Å². The van der Waals surface area contributed by atoms with Gasteiger partial charge >= 0.3 is 5.97 Å². The average Bonchev–Trinajstić information content (AvgIpc) is 2.40. The Balaban J connectivity index is 2.12. The highest BCUT2D eigenvalue weighted by Gasteiger charge is 2.06. The quantitative estimate of drug-likeness (QED) is 0.662. The van der Waals surface area contributed by atoms with Gasteiger partial charge in [-0.2, -0.15) is 0 Å². The molecule has 5 heteroatoms. The number of nitrogens with zero attached hydrogens (tertiary/aromatic N) is 1. The second kappa shape index (κ2) is 5.75. The first kappa shape index (κ1) is 13.4. The number of carboxylic acids is 1. The second-order valence-electron chi connectivity index (χ2n) is 4.13. The van der Waals surface area contributed by atoms with Crippen LogP contribution in [0, 0.1) is 6.92 Å². The number of thioether (sulfide) groups is 1. The third kappa shape index (κ3) is 3.48. The number of hydrogen-bond donors (Lipinski definition) is 2. The zero-order valence-corrected chi connectivity index (χ0v) is 11.3. The summed E-state index contributed by atoms with van der Waals surface area (Å²) in [6.07, 6.45) is 0. The van der Waals surface area contributed by atoms with Crippen molar-refractivity contribution in [2.75, 3.05) is 5.73 Å². The summed E-state index contributed by atoms with van der Waals surface area (Å²) in [5.41, 5.74) is 8.44. The molecule has 2 rings (SSSR count). The standard InChI is InChI=1S/C14H14N2O2S/c1-9-5-6-10(15)7-13(9)19-8-11-3-2-4-12(16-11)14(17)18/h2-7H,8,15H2,1H3,(H,17,18). The monoisotopic (exact) mass is 274 g/mol. The molecule has 19 heavy (non-hydrogen) atoms. The number of aromatic carboxylic acids is 1. The minimum atomic E-state index is -1.01. The lowest BCUT2D eigenvalue weighted by Gasteiger charge is -2.06. The Kier molecular flexibility index (Phi) is 4.06. The Bertz CT molecular complexity index is 614. The molecule has 1 heterocycles. The van der Waals surface area contributed by atoms with E-state index in [1.54, 1.807) is 17.8 Å². The molecule has 0 spiro atoms. The van der Waals surface area contributed by atoms with Crippen LogP contribution in [0.25, 0.3) is 0 Å². The van der Waals surface area contributed by atoms with E-state index in [0.717, 1.165) is 21.8 Å². The minimum Gasteiger partial charge on any atom is -0.477 e. The predicted molar refractivity (Wildman–Crippen MR) is 76.3 cm³/mol. The molecule has 3 N–H and O–H groups in total. The fourth-order valence-electron chi connectivity index (χ4n) is 1.60. The van der Waals surface area contributed by atoms with Crippen molar-refractivity contribution in [3.05, 3.63) is 53.3 Å². The van der Waals surface area contributed by atoms with Crippen molar-refractivity contribution in [3.63, 3.8) is 0 Å². The third-order valence-corrected chi connectivity index (χ3v) is 3.80. The van der Waals surface area contributed by atoms with E-state index in [-0.39, 0.29) is 5.69 Å². The number of anilines is 1. The molecule has 0 aliphatic heterocycles. The fraction of sp³-hybridized carbons (Fsp3) is 0.143. The molecule has 1 aromatic carbocycles. The Hall–Kier alpha value is -2.01. The Labute approximate surface area is 115 Å². The van der Waals surface area contributed by atoms with Crippen LogP contribution in [-0.4, -0.2) is 16.1 Å². The van der Waals surface area contributed by atoms with Crippen LogP contribution in [0.2, 0.25) is 0 Å². The van der Waals surface area contributed by atoms with Gasteiger partial charge in [0.25, 0.3) is 0 Å². The van der Waals surface area contributed by atoms with E-state index in [4.69, 9.17) is 10.8 Å². The first-order chi connectivity index (χ1) is 9.06. The fourth-order valence-corrected chi connectivity index (χ4v) is 2.58. The summed E-state index contributed by atoms with van der Waals surface area (Å²) in [7, 11) is 0. The molecule has 0 fully saturated rings. The maximum atomic E-state index is 10.8. The van der Waals surface area contributed by atoms with Crippen LogP contribution >= 0.6 is 11.8 Å². The van der Waals surface area contributed by atoms with Gasteiger partial charge in [0.2, 0.25) is 0 Å².